The van der Waals surface area contributed by atoms with Crippen LogP contribution in [0.4, 0.5) is 5.82 Å². The molecule has 2 heterocycles. The van der Waals surface area contributed by atoms with E-state index in [1.165, 1.54) is 18.6 Å². The second-order valence-electron chi connectivity index (χ2n) is 3.65. The van der Waals surface area contributed by atoms with Crippen LogP contribution in [0.5, 0.6) is 0 Å². The topological polar surface area (TPSA) is 96.9 Å². The van der Waals surface area contributed by atoms with Crippen molar-refractivity contribution in [1.82, 2.24) is 19.7 Å². The van der Waals surface area contributed by atoms with Gasteiger partial charge in [0.05, 0.1) is 12.2 Å². The predicted octanol–water partition coefficient (Wildman–Crippen LogP) is 0.392. The van der Waals surface area contributed by atoms with E-state index in [2.05, 4.69) is 25.0 Å². The highest BCUT2D eigenvalue weighted by molar-refractivity contribution is 7.89. The molecule has 0 aliphatic carbocycles. The van der Waals surface area contributed by atoms with Crippen LogP contribution in [0.3, 0.4) is 0 Å². The summed E-state index contributed by atoms with van der Waals surface area (Å²) in [7, 11) is -1.87. The molecular formula is C11H13N5O2S. The highest BCUT2D eigenvalue weighted by Gasteiger charge is 2.14. The maximum absolute atomic E-state index is 12.0. The predicted molar refractivity (Wildman–Crippen MR) is 69.8 cm³/mol. The van der Waals surface area contributed by atoms with E-state index in [1.807, 2.05) is 0 Å². The largest absolute Gasteiger partial charge is 0.373 e. The SMILES string of the molecule is CNc1ccc(S(=O)(=O)NCc2ccncn2)cn1. The smallest absolute Gasteiger partial charge is 0.242 e. The molecule has 2 N–H and O–H groups in total. The van der Waals surface area contributed by atoms with Crippen LogP contribution in [0, 0.1) is 0 Å². The van der Waals surface area contributed by atoms with Gasteiger partial charge < -0.3 is 5.32 Å². The van der Waals surface area contributed by atoms with Crippen LogP contribution in [0.15, 0.2) is 41.8 Å². The molecule has 7 nitrogen and oxygen atoms in total. The third-order valence-electron chi connectivity index (χ3n) is 2.39. The monoisotopic (exact) mass is 279 g/mol. The average Bonchev–Trinajstić information content (AvgIpc) is 2.46. The molecule has 0 saturated heterocycles. The number of anilines is 1. The van der Waals surface area contributed by atoms with Crippen molar-refractivity contribution < 1.29 is 8.42 Å². The molecular weight excluding hydrogens is 266 g/mol. The van der Waals surface area contributed by atoms with Gasteiger partial charge in [0.2, 0.25) is 10.0 Å². The van der Waals surface area contributed by atoms with Crippen molar-refractivity contribution in [2.45, 2.75) is 11.4 Å². The Bertz CT molecular complexity index is 628. The molecule has 0 aliphatic heterocycles. The van der Waals surface area contributed by atoms with Crippen LogP contribution in [-0.2, 0) is 16.6 Å². The Morgan fingerprint density at radius 2 is 2.05 bits per heavy atom. The summed E-state index contributed by atoms with van der Waals surface area (Å²) in [5.74, 6) is 0.606. The molecule has 2 aromatic heterocycles. The van der Waals surface area contributed by atoms with Crippen molar-refractivity contribution in [3.05, 3.63) is 42.6 Å². The standard InChI is InChI=1S/C11H13N5O2S/c1-12-11-3-2-10(7-14-11)19(17,18)16-6-9-4-5-13-8-15-9/h2-5,7-8,16H,6H2,1H3,(H,12,14). The molecule has 0 radical (unpaired) electrons. The van der Waals surface area contributed by atoms with Gasteiger partial charge in [-0.3, -0.25) is 0 Å². The highest BCUT2D eigenvalue weighted by Crippen LogP contribution is 2.10. The van der Waals surface area contributed by atoms with Gasteiger partial charge in [0.15, 0.2) is 0 Å². The van der Waals surface area contributed by atoms with Crippen molar-refractivity contribution in [2.24, 2.45) is 0 Å². The van der Waals surface area contributed by atoms with Gasteiger partial charge in [-0.2, -0.15) is 0 Å². The van der Waals surface area contributed by atoms with E-state index in [1.54, 1.807) is 25.4 Å². The summed E-state index contributed by atoms with van der Waals surface area (Å²) < 4.78 is 26.4. The molecule has 0 saturated carbocycles. The lowest BCUT2D eigenvalue weighted by Gasteiger charge is -2.06. The second kappa shape index (κ2) is 5.72. The zero-order chi connectivity index (χ0) is 13.7. The summed E-state index contributed by atoms with van der Waals surface area (Å²) in [6.45, 7) is 0.110. The Kier molecular flexibility index (Phi) is 4.03. The fourth-order valence-electron chi connectivity index (χ4n) is 1.36. The minimum Gasteiger partial charge on any atom is -0.373 e. The zero-order valence-electron chi connectivity index (χ0n) is 10.2. The molecule has 0 spiro atoms. The quantitative estimate of drug-likeness (QED) is 0.822. The Labute approximate surface area is 111 Å². The lowest BCUT2D eigenvalue weighted by atomic mass is 10.4. The lowest BCUT2D eigenvalue weighted by Crippen LogP contribution is -2.23. The van der Waals surface area contributed by atoms with Gasteiger partial charge >= 0.3 is 0 Å². The Hall–Kier alpha value is -2.06. The number of hydrogen-bond acceptors (Lipinski definition) is 6. The van der Waals surface area contributed by atoms with E-state index in [9.17, 15) is 8.42 Å². The third kappa shape index (κ3) is 3.46. The van der Waals surface area contributed by atoms with Crippen LogP contribution < -0.4 is 10.0 Å². The first-order valence-corrected chi connectivity index (χ1v) is 6.98. The minimum absolute atomic E-state index is 0.110. The lowest BCUT2D eigenvalue weighted by molar-refractivity contribution is 0.580. The molecule has 2 rings (SSSR count). The van der Waals surface area contributed by atoms with E-state index in [-0.39, 0.29) is 11.4 Å². The molecule has 2 aromatic rings. The fourth-order valence-corrected chi connectivity index (χ4v) is 2.31. The van der Waals surface area contributed by atoms with Crippen LogP contribution in [0.2, 0.25) is 0 Å². The number of rotatable bonds is 5. The first-order chi connectivity index (χ1) is 9.12. The number of aromatic nitrogens is 3. The molecule has 0 fully saturated rings. The van der Waals surface area contributed by atoms with Gasteiger partial charge in [0, 0.05) is 19.4 Å². The molecule has 0 amide bonds. The maximum atomic E-state index is 12.0. The molecule has 8 heteroatoms. The van der Waals surface area contributed by atoms with E-state index in [0.29, 0.717) is 11.5 Å². The number of nitrogens with one attached hydrogen (secondary N) is 2. The molecule has 19 heavy (non-hydrogen) atoms. The second-order valence-corrected chi connectivity index (χ2v) is 5.42. The number of sulfonamides is 1. The van der Waals surface area contributed by atoms with Crippen molar-refractivity contribution in [1.29, 1.82) is 0 Å². The number of nitrogens with zero attached hydrogens (tertiary/aromatic N) is 3. The summed E-state index contributed by atoms with van der Waals surface area (Å²) in [4.78, 5) is 11.8. The first-order valence-electron chi connectivity index (χ1n) is 5.50. The van der Waals surface area contributed by atoms with Crippen molar-refractivity contribution in [2.75, 3.05) is 12.4 Å². The molecule has 0 aliphatic rings. The zero-order valence-corrected chi connectivity index (χ0v) is 11.1. The van der Waals surface area contributed by atoms with E-state index >= 15 is 0 Å². The van der Waals surface area contributed by atoms with Gasteiger partial charge in [-0.1, -0.05) is 0 Å². The van der Waals surface area contributed by atoms with Crippen molar-refractivity contribution >= 4 is 15.8 Å². The number of pyridine rings is 1. The Morgan fingerprint density at radius 3 is 2.63 bits per heavy atom. The fraction of sp³-hybridized carbons (Fsp3) is 0.182. The molecule has 0 atom stereocenters. The first kappa shape index (κ1) is 13.4. The summed E-state index contributed by atoms with van der Waals surface area (Å²) in [6.07, 6.45) is 4.22. The average molecular weight is 279 g/mol. The van der Waals surface area contributed by atoms with Crippen molar-refractivity contribution in [3.8, 4) is 0 Å². The van der Waals surface area contributed by atoms with Gasteiger partial charge in [0.25, 0.3) is 0 Å². The highest BCUT2D eigenvalue weighted by atomic mass is 32.2. The Morgan fingerprint density at radius 1 is 1.21 bits per heavy atom. The van der Waals surface area contributed by atoms with E-state index in [4.69, 9.17) is 0 Å². The van der Waals surface area contributed by atoms with Crippen LogP contribution in [0.25, 0.3) is 0 Å². The van der Waals surface area contributed by atoms with Crippen LogP contribution in [-0.4, -0.2) is 30.4 Å². The molecule has 0 unspecified atom stereocenters. The molecule has 0 aromatic carbocycles. The minimum atomic E-state index is -3.58. The maximum Gasteiger partial charge on any atom is 0.242 e. The van der Waals surface area contributed by atoms with Gasteiger partial charge in [0.1, 0.15) is 17.0 Å². The Balaban J connectivity index is 2.09. The van der Waals surface area contributed by atoms with Crippen LogP contribution in [0.1, 0.15) is 5.69 Å². The summed E-state index contributed by atoms with van der Waals surface area (Å²) >= 11 is 0. The summed E-state index contributed by atoms with van der Waals surface area (Å²) in [6, 6.07) is 4.73. The van der Waals surface area contributed by atoms with Crippen molar-refractivity contribution in [3.63, 3.8) is 0 Å². The van der Waals surface area contributed by atoms with E-state index in [0.717, 1.165) is 0 Å². The van der Waals surface area contributed by atoms with Gasteiger partial charge in [-0.15, -0.1) is 0 Å². The van der Waals surface area contributed by atoms with Crippen LogP contribution >= 0.6 is 0 Å². The molecule has 0 bridgehead atoms. The molecule has 100 valence electrons. The summed E-state index contributed by atoms with van der Waals surface area (Å²) in [5.41, 5.74) is 0.596. The summed E-state index contributed by atoms with van der Waals surface area (Å²) in [5, 5.41) is 2.82. The normalized spacial score (nSPS) is 11.2. The van der Waals surface area contributed by atoms with Gasteiger partial charge in [-0.05, 0) is 18.2 Å². The number of hydrogen-bond donors (Lipinski definition) is 2. The third-order valence-corrected chi connectivity index (χ3v) is 3.78. The van der Waals surface area contributed by atoms with E-state index < -0.39 is 10.0 Å². The van der Waals surface area contributed by atoms with Gasteiger partial charge in [-0.25, -0.2) is 28.1 Å².